The summed E-state index contributed by atoms with van der Waals surface area (Å²) in [5, 5.41) is 7.23. The van der Waals surface area contributed by atoms with Gasteiger partial charge in [-0.2, -0.15) is 5.10 Å². The van der Waals surface area contributed by atoms with E-state index in [-0.39, 0.29) is 11.8 Å². The van der Waals surface area contributed by atoms with Crippen LogP contribution >= 0.6 is 0 Å². The summed E-state index contributed by atoms with van der Waals surface area (Å²) in [6, 6.07) is 0.145. The van der Waals surface area contributed by atoms with Crippen LogP contribution in [0.3, 0.4) is 0 Å². The lowest BCUT2D eigenvalue weighted by molar-refractivity contribution is 0.0676. The van der Waals surface area contributed by atoms with Crippen molar-refractivity contribution < 1.29 is 9.53 Å². The number of ketones is 1. The molecule has 0 aromatic carbocycles. The molecule has 1 unspecified atom stereocenters. The van der Waals surface area contributed by atoms with Crippen LogP contribution in [0.4, 0.5) is 0 Å². The van der Waals surface area contributed by atoms with Crippen LogP contribution in [0.5, 0.6) is 0 Å². The number of aromatic nitrogens is 2. The van der Waals surface area contributed by atoms with Gasteiger partial charge in [-0.05, 0) is 0 Å². The number of morpholine rings is 1. The molecule has 0 amide bonds. The van der Waals surface area contributed by atoms with Gasteiger partial charge in [0.1, 0.15) is 0 Å². The zero-order valence-corrected chi connectivity index (χ0v) is 8.77. The maximum absolute atomic E-state index is 11.8. The number of aryl methyl sites for hydroxylation is 1. The number of nitrogens with one attached hydrogen (secondary N) is 1. The Bertz CT molecular complexity index is 342. The molecule has 1 aromatic rings. The first kappa shape index (κ1) is 10.3. The van der Waals surface area contributed by atoms with Gasteiger partial charge in [-0.15, -0.1) is 0 Å². The molecule has 0 bridgehead atoms. The second-order valence-corrected chi connectivity index (χ2v) is 3.76. The van der Waals surface area contributed by atoms with Crippen molar-refractivity contribution in [2.75, 3.05) is 19.8 Å². The summed E-state index contributed by atoms with van der Waals surface area (Å²) in [6.07, 6.45) is 3.82. The van der Waals surface area contributed by atoms with Gasteiger partial charge in [0, 0.05) is 32.3 Å². The van der Waals surface area contributed by atoms with E-state index in [0.29, 0.717) is 18.6 Å². The van der Waals surface area contributed by atoms with Gasteiger partial charge in [0.25, 0.3) is 0 Å². The number of Topliss-reactive ketones (excluding diaryl/α,β-unsaturated/α-hetero) is 1. The minimum Gasteiger partial charge on any atom is -0.378 e. The normalized spacial score (nSPS) is 21.5. The van der Waals surface area contributed by atoms with Crippen molar-refractivity contribution in [1.29, 1.82) is 0 Å². The number of ether oxygens (including phenoxy) is 1. The van der Waals surface area contributed by atoms with E-state index in [1.807, 2.05) is 0 Å². The lowest BCUT2D eigenvalue weighted by Gasteiger charge is -2.22. The molecular formula is C10H15N3O2. The second-order valence-electron chi connectivity index (χ2n) is 3.76. The van der Waals surface area contributed by atoms with Gasteiger partial charge < -0.3 is 10.1 Å². The van der Waals surface area contributed by atoms with Gasteiger partial charge in [0.05, 0.1) is 25.0 Å². The molecule has 1 aromatic heterocycles. The van der Waals surface area contributed by atoms with Crippen molar-refractivity contribution in [3.05, 3.63) is 18.0 Å². The summed E-state index contributed by atoms with van der Waals surface area (Å²) in [4.78, 5) is 11.8. The number of rotatable bonds is 3. The van der Waals surface area contributed by atoms with Crippen LogP contribution in [0.25, 0.3) is 0 Å². The Kier molecular flexibility index (Phi) is 3.13. The molecule has 5 heteroatoms. The first-order valence-corrected chi connectivity index (χ1v) is 5.08. The topological polar surface area (TPSA) is 56.1 Å². The van der Waals surface area contributed by atoms with E-state index in [1.54, 1.807) is 24.1 Å². The molecule has 1 fully saturated rings. The van der Waals surface area contributed by atoms with E-state index in [2.05, 4.69) is 10.4 Å². The Balaban J connectivity index is 1.91. The van der Waals surface area contributed by atoms with E-state index < -0.39 is 0 Å². The highest BCUT2D eigenvalue weighted by Gasteiger charge is 2.18. The molecule has 0 radical (unpaired) electrons. The van der Waals surface area contributed by atoms with Crippen molar-refractivity contribution in [2.45, 2.75) is 12.5 Å². The van der Waals surface area contributed by atoms with Crippen LogP contribution in [-0.4, -0.2) is 41.4 Å². The molecule has 15 heavy (non-hydrogen) atoms. The summed E-state index contributed by atoms with van der Waals surface area (Å²) >= 11 is 0. The lowest BCUT2D eigenvalue weighted by atomic mass is 10.1. The lowest BCUT2D eigenvalue weighted by Crippen LogP contribution is -2.42. The van der Waals surface area contributed by atoms with Gasteiger partial charge in [-0.25, -0.2) is 0 Å². The second kappa shape index (κ2) is 4.55. The van der Waals surface area contributed by atoms with Crippen molar-refractivity contribution in [1.82, 2.24) is 15.1 Å². The highest BCUT2D eigenvalue weighted by molar-refractivity contribution is 5.95. The molecule has 0 aliphatic carbocycles. The first-order chi connectivity index (χ1) is 7.25. The number of carbonyl (C=O) groups is 1. The summed E-state index contributed by atoms with van der Waals surface area (Å²) in [6.45, 7) is 2.18. The van der Waals surface area contributed by atoms with E-state index in [9.17, 15) is 4.79 Å². The van der Waals surface area contributed by atoms with E-state index in [0.717, 1.165) is 13.2 Å². The number of nitrogens with zero attached hydrogens (tertiary/aromatic N) is 2. The Morgan fingerprint density at radius 3 is 3.27 bits per heavy atom. The van der Waals surface area contributed by atoms with Gasteiger partial charge in [-0.3, -0.25) is 9.48 Å². The van der Waals surface area contributed by atoms with Gasteiger partial charge in [0.2, 0.25) is 0 Å². The molecule has 5 nitrogen and oxygen atoms in total. The van der Waals surface area contributed by atoms with Crippen molar-refractivity contribution >= 4 is 5.78 Å². The molecule has 2 heterocycles. The number of hydrogen-bond acceptors (Lipinski definition) is 4. The molecule has 1 saturated heterocycles. The van der Waals surface area contributed by atoms with Crippen LogP contribution in [0, 0.1) is 0 Å². The predicted octanol–water partition coefficient (Wildman–Crippen LogP) is -0.0187. The minimum atomic E-state index is 0.117. The summed E-state index contributed by atoms with van der Waals surface area (Å²) in [5.41, 5.74) is 0.671. The maximum Gasteiger partial charge on any atom is 0.167 e. The monoisotopic (exact) mass is 209 g/mol. The molecule has 1 N–H and O–H groups in total. The largest absolute Gasteiger partial charge is 0.378 e. The summed E-state index contributed by atoms with van der Waals surface area (Å²) < 4.78 is 6.93. The van der Waals surface area contributed by atoms with Crippen molar-refractivity contribution in [3.63, 3.8) is 0 Å². The quantitative estimate of drug-likeness (QED) is 0.711. The molecule has 0 saturated carbocycles. The third-order valence-corrected chi connectivity index (χ3v) is 2.46. The highest BCUT2D eigenvalue weighted by Crippen LogP contribution is 2.06. The number of hydrogen-bond donors (Lipinski definition) is 1. The average Bonchev–Trinajstić information content (AvgIpc) is 2.66. The molecule has 82 valence electrons. The minimum absolute atomic E-state index is 0.117. The predicted molar refractivity (Wildman–Crippen MR) is 54.8 cm³/mol. The number of carbonyl (C=O) groups excluding carboxylic acids is 1. The Hall–Kier alpha value is -1.20. The highest BCUT2D eigenvalue weighted by atomic mass is 16.5. The Morgan fingerprint density at radius 1 is 1.80 bits per heavy atom. The van der Waals surface area contributed by atoms with Crippen LogP contribution in [0.1, 0.15) is 16.8 Å². The van der Waals surface area contributed by atoms with Crippen molar-refractivity contribution in [3.8, 4) is 0 Å². The van der Waals surface area contributed by atoms with Crippen LogP contribution in [0.2, 0.25) is 0 Å². The molecular weight excluding hydrogens is 194 g/mol. The van der Waals surface area contributed by atoms with E-state index in [1.165, 1.54) is 0 Å². The van der Waals surface area contributed by atoms with Gasteiger partial charge >= 0.3 is 0 Å². The fourth-order valence-electron chi connectivity index (χ4n) is 1.66. The standard InChI is InChI=1S/C10H15N3O2/c1-13-6-8(5-12-13)10(14)4-9-7-15-3-2-11-9/h5-6,9,11H,2-4,7H2,1H3. The Morgan fingerprint density at radius 2 is 2.67 bits per heavy atom. The zero-order valence-electron chi connectivity index (χ0n) is 8.77. The van der Waals surface area contributed by atoms with Gasteiger partial charge in [0.15, 0.2) is 5.78 Å². The third-order valence-electron chi connectivity index (χ3n) is 2.46. The average molecular weight is 209 g/mol. The van der Waals surface area contributed by atoms with E-state index >= 15 is 0 Å². The van der Waals surface area contributed by atoms with Gasteiger partial charge in [-0.1, -0.05) is 0 Å². The van der Waals surface area contributed by atoms with E-state index in [4.69, 9.17) is 4.74 Å². The fraction of sp³-hybridized carbons (Fsp3) is 0.600. The zero-order chi connectivity index (χ0) is 10.7. The molecule has 1 aliphatic rings. The summed E-state index contributed by atoms with van der Waals surface area (Å²) in [5.74, 6) is 0.117. The SMILES string of the molecule is Cn1cc(C(=O)CC2COCCN2)cn1. The van der Waals surface area contributed by atoms with Crippen LogP contribution in [-0.2, 0) is 11.8 Å². The molecule has 2 rings (SSSR count). The molecule has 1 aliphatic heterocycles. The first-order valence-electron chi connectivity index (χ1n) is 5.08. The van der Waals surface area contributed by atoms with Crippen LogP contribution in [0.15, 0.2) is 12.4 Å². The van der Waals surface area contributed by atoms with Crippen LogP contribution < -0.4 is 5.32 Å². The molecule has 1 atom stereocenters. The van der Waals surface area contributed by atoms with Crippen molar-refractivity contribution in [2.24, 2.45) is 7.05 Å². The third kappa shape index (κ3) is 2.64. The smallest absolute Gasteiger partial charge is 0.167 e. The Labute approximate surface area is 88.4 Å². The molecule has 0 spiro atoms. The fourth-order valence-corrected chi connectivity index (χ4v) is 1.66. The summed E-state index contributed by atoms with van der Waals surface area (Å²) in [7, 11) is 1.80. The maximum atomic E-state index is 11.8.